The summed E-state index contributed by atoms with van der Waals surface area (Å²) < 4.78 is 10.7. The lowest BCUT2D eigenvalue weighted by molar-refractivity contribution is -0.118. The number of nitrogens with one attached hydrogen (secondary N) is 1. The van der Waals surface area contributed by atoms with E-state index in [9.17, 15) is 4.79 Å². The maximum absolute atomic E-state index is 11.9. The highest BCUT2D eigenvalue weighted by molar-refractivity contribution is 5.91. The van der Waals surface area contributed by atoms with E-state index in [0.717, 1.165) is 12.3 Å². The summed E-state index contributed by atoms with van der Waals surface area (Å²) in [7, 11) is 5.53. The van der Waals surface area contributed by atoms with E-state index in [-0.39, 0.29) is 18.4 Å². The van der Waals surface area contributed by atoms with Crippen LogP contribution in [0.3, 0.4) is 0 Å². The lowest BCUT2D eigenvalue weighted by Crippen LogP contribution is -2.28. The highest BCUT2D eigenvalue weighted by atomic mass is 16.5. The number of likely N-dealkylation sites (N-methyl/N-ethyl adjacent to an activating group) is 1. The van der Waals surface area contributed by atoms with Gasteiger partial charge in [0.05, 0.1) is 12.5 Å². The molecule has 0 spiro atoms. The zero-order valence-electron chi connectivity index (χ0n) is 13.0. The first-order chi connectivity index (χ1) is 10.0. The number of nitrogens with two attached hydrogens (primary N) is 1. The Balaban J connectivity index is 2.50. The minimum atomic E-state index is -0.260. The Labute approximate surface area is 126 Å². The number of amides is 1. The Bertz CT molecular complexity index is 434. The Hall–Kier alpha value is -1.63. The first kappa shape index (κ1) is 17.4. The topological polar surface area (TPSA) is 76.8 Å². The molecular weight excluding hydrogens is 270 g/mol. The molecule has 0 aliphatic carbocycles. The Morgan fingerprint density at radius 3 is 2.81 bits per heavy atom. The van der Waals surface area contributed by atoms with Gasteiger partial charge in [-0.2, -0.15) is 0 Å². The summed E-state index contributed by atoms with van der Waals surface area (Å²) in [5.74, 6) is 0.606. The normalized spacial score (nSPS) is 12.2. The van der Waals surface area contributed by atoms with E-state index in [1.807, 2.05) is 37.2 Å². The van der Waals surface area contributed by atoms with E-state index in [1.165, 1.54) is 0 Å². The van der Waals surface area contributed by atoms with Crippen molar-refractivity contribution < 1.29 is 14.3 Å². The van der Waals surface area contributed by atoms with Crippen LogP contribution in [0.5, 0.6) is 5.75 Å². The fourth-order valence-electron chi connectivity index (χ4n) is 1.69. The smallest absolute Gasteiger partial charge is 0.227 e. The van der Waals surface area contributed by atoms with Crippen molar-refractivity contribution in [2.45, 2.75) is 12.5 Å². The van der Waals surface area contributed by atoms with E-state index in [0.29, 0.717) is 18.8 Å². The second kappa shape index (κ2) is 9.33. The van der Waals surface area contributed by atoms with Crippen LogP contribution in [0.4, 0.5) is 5.69 Å². The molecule has 0 radical (unpaired) electrons. The SMILES string of the molecule is COC(CN)CC(=O)Nc1cccc(OCCN(C)C)c1. The van der Waals surface area contributed by atoms with Gasteiger partial charge in [0.2, 0.25) is 5.91 Å². The van der Waals surface area contributed by atoms with Crippen molar-refractivity contribution in [2.75, 3.05) is 46.2 Å². The number of ether oxygens (including phenoxy) is 2. The molecule has 1 rings (SSSR count). The quantitative estimate of drug-likeness (QED) is 0.709. The monoisotopic (exact) mass is 295 g/mol. The molecule has 118 valence electrons. The molecule has 0 fully saturated rings. The van der Waals surface area contributed by atoms with Gasteiger partial charge < -0.3 is 25.4 Å². The molecule has 1 unspecified atom stereocenters. The summed E-state index contributed by atoms with van der Waals surface area (Å²) in [6, 6.07) is 7.33. The lowest BCUT2D eigenvalue weighted by atomic mass is 10.2. The number of nitrogens with zero attached hydrogens (tertiary/aromatic N) is 1. The number of benzene rings is 1. The molecule has 0 aliphatic heterocycles. The third-order valence-corrected chi connectivity index (χ3v) is 2.93. The van der Waals surface area contributed by atoms with Crippen LogP contribution in [-0.2, 0) is 9.53 Å². The van der Waals surface area contributed by atoms with Crippen LogP contribution in [0.1, 0.15) is 6.42 Å². The second-order valence-corrected chi connectivity index (χ2v) is 5.03. The van der Waals surface area contributed by atoms with Crippen LogP contribution in [0.25, 0.3) is 0 Å². The number of hydrogen-bond donors (Lipinski definition) is 2. The van der Waals surface area contributed by atoms with Crippen LogP contribution >= 0.6 is 0 Å². The predicted molar refractivity (Wildman–Crippen MR) is 83.6 cm³/mol. The number of hydrogen-bond acceptors (Lipinski definition) is 5. The van der Waals surface area contributed by atoms with Crippen molar-refractivity contribution in [3.8, 4) is 5.75 Å². The van der Waals surface area contributed by atoms with Gasteiger partial charge in [-0.25, -0.2) is 0 Å². The molecule has 0 saturated heterocycles. The Morgan fingerprint density at radius 1 is 1.43 bits per heavy atom. The van der Waals surface area contributed by atoms with Crippen molar-refractivity contribution in [3.05, 3.63) is 24.3 Å². The molecule has 0 bridgehead atoms. The molecule has 1 aromatic rings. The number of carbonyl (C=O) groups excluding carboxylic acids is 1. The average molecular weight is 295 g/mol. The predicted octanol–water partition coefficient (Wildman–Crippen LogP) is 0.929. The number of methoxy groups -OCH3 is 1. The minimum Gasteiger partial charge on any atom is -0.492 e. The van der Waals surface area contributed by atoms with E-state index < -0.39 is 0 Å². The summed E-state index contributed by atoms with van der Waals surface area (Å²) in [5, 5.41) is 2.82. The van der Waals surface area contributed by atoms with Crippen LogP contribution in [-0.4, -0.2) is 57.8 Å². The summed E-state index contributed by atoms with van der Waals surface area (Å²) in [4.78, 5) is 13.9. The number of carbonyl (C=O) groups is 1. The first-order valence-electron chi connectivity index (χ1n) is 6.95. The maximum atomic E-state index is 11.9. The zero-order valence-corrected chi connectivity index (χ0v) is 13.0. The average Bonchev–Trinajstić information content (AvgIpc) is 2.44. The fourth-order valence-corrected chi connectivity index (χ4v) is 1.69. The van der Waals surface area contributed by atoms with Crippen molar-refractivity contribution in [1.82, 2.24) is 4.90 Å². The van der Waals surface area contributed by atoms with Crippen LogP contribution in [0, 0.1) is 0 Å². The van der Waals surface area contributed by atoms with Crippen LogP contribution < -0.4 is 15.8 Å². The van der Waals surface area contributed by atoms with Gasteiger partial charge in [0.25, 0.3) is 0 Å². The third-order valence-electron chi connectivity index (χ3n) is 2.93. The largest absolute Gasteiger partial charge is 0.492 e. The molecule has 0 aromatic heterocycles. The van der Waals surface area contributed by atoms with E-state index >= 15 is 0 Å². The van der Waals surface area contributed by atoms with Gasteiger partial charge in [0, 0.05) is 32.0 Å². The zero-order chi connectivity index (χ0) is 15.7. The van der Waals surface area contributed by atoms with Gasteiger partial charge in [-0.05, 0) is 26.2 Å². The van der Waals surface area contributed by atoms with Gasteiger partial charge in [0.1, 0.15) is 12.4 Å². The highest BCUT2D eigenvalue weighted by Gasteiger charge is 2.11. The molecule has 1 aromatic carbocycles. The molecule has 6 heteroatoms. The van der Waals surface area contributed by atoms with E-state index in [1.54, 1.807) is 13.2 Å². The molecule has 6 nitrogen and oxygen atoms in total. The first-order valence-corrected chi connectivity index (χ1v) is 6.95. The van der Waals surface area contributed by atoms with Gasteiger partial charge in [-0.1, -0.05) is 6.07 Å². The van der Waals surface area contributed by atoms with E-state index in [4.69, 9.17) is 15.2 Å². The molecule has 21 heavy (non-hydrogen) atoms. The number of anilines is 1. The Kier molecular flexibility index (Phi) is 7.74. The van der Waals surface area contributed by atoms with Crippen molar-refractivity contribution >= 4 is 11.6 Å². The van der Waals surface area contributed by atoms with Gasteiger partial charge in [0.15, 0.2) is 0 Å². The van der Waals surface area contributed by atoms with Gasteiger partial charge in [-0.15, -0.1) is 0 Å². The summed E-state index contributed by atoms with van der Waals surface area (Å²) in [6.07, 6.45) is -0.0249. The molecule has 3 N–H and O–H groups in total. The van der Waals surface area contributed by atoms with Crippen LogP contribution in [0.15, 0.2) is 24.3 Å². The summed E-state index contributed by atoms with van der Waals surface area (Å²) >= 11 is 0. The van der Waals surface area contributed by atoms with Gasteiger partial charge >= 0.3 is 0 Å². The molecule has 0 heterocycles. The van der Waals surface area contributed by atoms with Crippen molar-refractivity contribution in [2.24, 2.45) is 5.73 Å². The molecule has 1 atom stereocenters. The third kappa shape index (κ3) is 7.08. The molecule has 0 saturated carbocycles. The Morgan fingerprint density at radius 2 is 2.19 bits per heavy atom. The van der Waals surface area contributed by atoms with Crippen molar-refractivity contribution in [1.29, 1.82) is 0 Å². The highest BCUT2D eigenvalue weighted by Crippen LogP contribution is 2.17. The molecular formula is C15H25N3O3. The lowest BCUT2D eigenvalue weighted by Gasteiger charge is -2.14. The minimum absolute atomic E-state index is 0.127. The van der Waals surface area contributed by atoms with Gasteiger partial charge in [-0.3, -0.25) is 4.79 Å². The molecule has 1 amide bonds. The second-order valence-electron chi connectivity index (χ2n) is 5.03. The summed E-state index contributed by atoms with van der Waals surface area (Å²) in [6.45, 7) is 1.75. The molecule has 0 aliphatic rings. The maximum Gasteiger partial charge on any atom is 0.227 e. The standard InChI is InChI=1S/C15H25N3O3/c1-18(2)7-8-21-13-6-4-5-12(9-13)17-15(19)10-14(11-16)20-3/h4-6,9,14H,7-8,10-11,16H2,1-3H3,(H,17,19). The van der Waals surface area contributed by atoms with E-state index in [2.05, 4.69) is 5.32 Å². The van der Waals surface area contributed by atoms with Crippen LogP contribution in [0.2, 0.25) is 0 Å². The summed E-state index contributed by atoms with van der Waals surface area (Å²) in [5.41, 5.74) is 6.20. The van der Waals surface area contributed by atoms with Crippen molar-refractivity contribution in [3.63, 3.8) is 0 Å². The number of rotatable bonds is 9. The fraction of sp³-hybridized carbons (Fsp3) is 0.533.